The Morgan fingerprint density at radius 3 is 2.61 bits per heavy atom. The smallest absolute Gasteiger partial charge is 0.338 e. The van der Waals surface area contributed by atoms with Gasteiger partial charge in [0.1, 0.15) is 0 Å². The van der Waals surface area contributed by atoms with Gasteiger partial charge in [0.2, 0.25) is 15.8 Å². The van der Waals surface area contributed by atoms with Crippen molar-refractivity contribution in [2.45, 2.75) is 4.90 Å². The predicted molar refractivity (Wildman–Crippen MR) is 89.3 cm³/mol. The van der Waals surface area contributed by atoms with Gasteiger partial charge in [-0.2, -0.15) is 0 Å². The zero-order chi connectivity index (χ0) is 17.0. The van der Waals surface area contributed by atoms with Crippen LogP contribution in [0, 0.1) is 0 Å². The number of Topliss-reactive ketones (excluding diaryl/α,β-unsaturated/α-hetero) is 1. The van der Waals surface area contributed by atoms with E-state index in [1.165, 1.54) is 42.6 Å². The Balaban J connectivity index is 2.07. The molecule has 23 heavy (non-hydrogen) atoms. The molecule has 0 fully saturated rings. The SMILES string of the molecule is CNS(=O)(=O)c1cccc(C(=O)OCC(=O)c2ccc(Br)s2)c1. The third kappa shape index (κ3) is 4.47. The molecule has 0 aliphatic heterocycles. The zero-order valence-electron chi connectivity index (χ0n) is 11.9. The quantitative estimate of drug-likeness (QED) is 0.575. The summed E-state index contributed by atoms with van der Waals surface area (Å²) in [6, 6.07) is 8.76. The summed E-state index contributed by atoms with van der Waals surface area (Å²) in [6.45, 7) is -0.408. The van der Waals surface area contributed by atoms with Crippen molar-refractivity contribution in [2.24, 2.45) is 0 Å². The van der Waals surface area contributed by atoms with Gasteiger partial charge in [-0.15, -0.1) is 11.3 Å². The molecule has 0 saturated heterocycles. The van der Waals surface area contributed by atoms with Crippen molar-refractivity contribution in [1.82, 2.24) is 4.72 Å². The maximum absolute atomic E-state index is 12.0. The molecular formula is C14H12BrNO5S2. The maximum Gasteiger partial charge on any atom is 0.338 e. The van der Waals surface area contributed by atoms with Gasteiger partial charge in [0, 0.05) is 0 Å². The van der Waals surface area contributed by atoms with E-state index in [1.807, 2.05) is 0 Å². The van der Waals surface area contributed by atoms with Gasteiger partial charge >= 0.3 is 5.97 Å². The van der Waals surface area contributed by atoms with Crippen LogP contribution < -0.4 is 4.72 Å². The third-order valence-electron chi connectivity index (χ3n) is 2.83. The first-order chi connectivity index (χ1) is 10.8. The lowest BCUT2D eigenvalue weighted by Gasteiger charge is -2.06. The minimum Gasteiger partial charge on any atom is -0.454 e. The lowest BCUT2D eigenvalue weighted by atomic mass is 10.2. The van der Waals surface area contributed by atoms with E-state index in [2.05, 4.69) is 20.7 Å². The average Bonchev–Trinajstić information content (AvgIpc) is 2.99. The Bertz CT molecular complexity index is 844. The normalized spacial score (nSPS) is 11.2. The highest BCUT2D eigenvalue weighted by Gasteiger charge is 2.17. The van der Waals surface area contributed by atoms with E-state index >= 15 is 0 Å². The molecule has 0 bridgehead atoms. The van der Waals surface area contributed by atoms with Crippen molar-refractivity contribution < 1.29 is 22.7 Å². The molecule has 2 rings (SSSR count). The molecule has 9 heteroatoms. The molecule has 0 radical (unpaired) electrons. The van der Waals surface area contributed by atoms with Crippen molar-refractivity contribution in [2.75, 3.05) is 13.7 Å². The number of benzene rings is 1. The molecule has 0 atom stereocenters. The summed E-state index contributed by atoms with van der Waals surface area (Å²) in [7, 11) is -2.38. The Labute approximate surface area is 145 Å². The lowest BCUT2D eigenvalue weighted by molar-refractivity contribution is 0.0475. The first-order valence-electron chi connectivity index (χ1n) is 6.33. The summed E-state index contributed by atoms with van der Waals surface area (Å²) < 4.78 is 31.3. The van der Waals surface area contributed by atoms with E-state index in [9.17, 15) is 18.0 Å². The number of rotatable bonds is 6. The van der Waals surface area contributed by atoms with Gasteiger partial charge in [-0.1, -0.05) is 6.07 Å². The van der Waals surface area contributed by atoms with Crippen LogP contribution in [0.3, 0.4) is 0 Å². The summed E-state index contributed by atoms with van der Waals surface area (Å²) >= 11 is 4.49. The Hall–Kier alpha value is -1.55. The van der Waals surface area contributed by atoms with Gasteiger partial charge in [-0.3, -0.25) is 4.79 Å². The summed E-state index contributed by atoms with van der Waals surface area (Å²) in [5.74, 6) is -1.09. The minimum absolute atomic E-state index is 0.0528. The number of hydrogen-bond donors (Lipinski definition) is 1. The first kappa shape index (κ1) is 17.8. The summed E-state index contributed by atoms with van der Waals surface area (Å²) in [5, 5.41) is 0. The number of halogens is 1. The summed E-state index contributed by atoms with van der Waals surface area (Å²) in [6.07, 6.45) is 0. The monoisotopic (exact) mass is 417 g/mol. The number of ether oxygens (including phenoxy) is 1. The minimum atomic E-state index is -3.65. The van der Waals surface area contributed by atoms with E-state index in [0.29, 0.717) is 4.88 Å². The molecule has 0 aliphatic carbocycles. The second-order valence-corrected chi connectivity index (χ2v) is 8.69. The molecule has 1 N–H and O–H groups in total. The average molecular weight is 418 g/mol. The van der Waals surface area contributed by atoms with Crippen LogP contribution in [0.2, 0.25) is 0 Å². The second-order valence-electron chi connectivity index (χ2n) is 4.34. The highest BCUT2D eigenvalue weighted by Crippen LogP contribution is 2.22. The van der Waals surface area contributed by atoms with E-state index < -0.39 is 22.6 Å². The van der Waals surface area contributed by atoms with Crippen LogP contribution in [-0.4, -0.2) is 33.8 Å². The molecule has 0 amide bonds. The van der Waals surface area contributed by atoms with Crippen molar-refractivity contribution in [3.05, 3.63) is 50.6 Å². The van der Waals surface area contributed by atoms with Gasteiger partial charge < -0.3 is 4.74 Å². The Kier molecular flexibility index (Phi) is 5.69. The Morgan fingerprint density at radius 2 is 2.00 bits per heavy atom. The van der Waals surface area contributed by atoms with Gasteiger partial charge in [0.15, 0.2) is 6.61 Å². The fourth-order valence-electron chi connectivity index (χ4n) is 1.66. The van der Waals surface area contributed by atoms with Crippen molar-refractivity contribution in [3.63, 3.8) is 0 Å². The lowest BCUT2D eigenvalue weighted by Crippen LogP contribution is -2.19. The fraction of sp³-hybridized carbons (Fsp3) is 0.143. The van der Waals surface area contributed by atoms with Crippen LogP contribution in [0.1, 0.15) is 20.0 Å². The maximum atomic E-state index is 12.0. The van der Waals surface area contributed by atoms with Crippen LogP contribution in [0.25, 0.3) is 0 Å². The summed E-state index contributed by atoms with van der Waals surface area (Å²) in [5.41, 5.74) is 0.0569. The molecule has 1 aromatic carbocycles. The van der Waals surface area contributed by atoms with E-state index in [0.717, 1.165) is 3.79 Å². The van der Waals surface area contributed by atoms with Crippen LogP contribution >= 0.6 is 27.3 Å². The van der Waals surface area contributed by atoms with Crippen LogP contribution in [0.15, 0.2) is 45.1 Å². The standard InChI is InChI=1S/C14H12BrNO5S2/c1-16-23(19,20)10-4-2-3-9(7-10)14(18)21-8-11(17)12-5-6-13(15)22-12/h2-7,16H,8H2,1H3. The van der Waals surface area contributed by atoms with E-state index in [-0.39, 0.29) is 16.2 Å². The topological polar surface area (TPSA) is 89.5 Å². The molecule has 1 heterocycles. The van der Waals surface area contributed by atoms with Gasteiger partial charge in [-0.05, 0) is 53.3 Å². The highest BCUT2D eigenvalue weighted by molar-refractivity contribution is 9.11. The van der Waals surface area contributed by atoms with Crippen LogP contribution in [0.5, 0.6) is 0 Å². The predicted octanol–water partition coefficient (Wildman–Crippen LogP) is 2.46. The third-order valence-corrected chi connectivity index (χ3v) is 5.91. The second kappa shape index (κ2) is 7.35. The molecule has 0 spiro atoms. The van der Waals surface area contributed by atoms with Crippen molar-refractivity contribution in [3.8, 4) is 0 Å². The molecular weight excluding hydrogens is 406 g/mol. The number of nitrogens with one attached hydrogen (secondary N) is 1. The molecule has 122 valence electrons. The highest BCUT2D eigenvalue weighted by atomic mass is 79.9. The van der Waals surface area contributed by atoms with Crippen molar-refractivity contribution in [1.29, 1.82) is 0 Å². The molecule has 2 aromatic rings. The van der Waals surface area contributed by atoms with E-state index in [1.54, 1.807) is 12.1 Å². The molecule has 0 saturated carbocycles. The van der Waals surface area contributed by atoms with Gasteiger partial charge in [0.25, 0.3) is 0 Å². The van der Waals surface area contributed by atoms with E-state index in [4.69, 9.17) is 4.74 Å². The number of hydrogen-bond acceptors (Lipinski definition) is 6. The number of ketones is 1. The van der Waals surface area contributed by atoms with Gasteiger partial charge in [-0.25, -0.2) is 17.9 Å². The van der Waals surface area contributed by atoms with Crippen LogP contribution in [0.4, 0.5) is 0 Å². The number of sulfonamides is 1. The Morgan fingerprint density at radius 1 is 1.26 bits per heavy atom. The number of carbonyl (C=O) groups excluding carboxylic acids is 2. The largest absolute Gasteiger partial charge is 0.454 e. The number of carbonyl (C=O) groups is 2. The zero-order valence-corrected chi connectivity index (χ0v) is 15.1. The van der Waals surface area contributed by atoms with Crippen molar-refractivity contribution >= 4 is 49.0 Å². The number of esters is 1. The summed E-state index contributed by atoms with van der Waals surface area (Å²) in [4.78, 5) is 24.2. The van der Waals surface area contributed by atoms with Gasteiger partial charge in [0.05, 0.1) is 19.1 Å². The fourth-order valence-corrected chi connectivity index (χ4v) is 3.74. The molecule has 1 aromatic heterocycles. The molecule has 0 unspecified atom stereocenters. The van der Waals surface area contributed by atoms with Crippen LogP contribution in [-0.2, 0) is 14.8 Å². The number of thiophene rings is 1. The molecule has 0 aliphatic rings. The molecule has 6 nitrogen and oxygen atoms in total. The first-order valence-corrected chi connectivity index (χ1v) is 9.42.